The van der Waals surface area contributed by atoms with Gasteiger partial charge in [-0.05, 0) is 19.3 Å². The summed E-state index contributed by atoms with van der Waals surface area (Å²) in [5.74, 6) is -0.168. The molecule has 2 amide bonds. The highest BCUT2D eigenvalue weighted by Gasteiger charge is 2.57. The van der Waals surface area contributed by atoms with Crippen molar-refractivity contribution in [2.75, 3.05) is 39.8 Å². The Hall–Kier alpha value is -1.14. The van der Waals surface area contributed by atoms with Gasteiger partial charge in [-0.25, -0.2) is 0 Å². The van der Waals surface area contributed by atoms with Crippen molar-refractivity contribution in [2.45, 2.75) is 32.3 Å². The molecule has 1 unspecified atom stereocenters. The molecule has 1 saturated carbocycles. The fourth-order valence-electron chi connectivity index (χ4n) is 2.77. The molecule has 0 aromatic heterocycles. The highest BCUT2D eigenvalue weighted by Crippen LogP contribution is 2.47. The summed E-state index contributed by atoms with van der Waals surface area (Å²) in [5, 5.41) is 12.3. The first-order chi connectivity index (χ1) is 9.53. The molecule has 0 aromatic carbocycles. The standard InChI is InChI=1S/C14H25N3O3/c1-3-11(18)10-16-6-8-17(9-7-16)13(20)14(4-5-14)12(19)15-2/h11,18H,3-10H2,1-2H3,(H,15,19). The van der Waals surface area contributed by atoms with Crippen LogP contribution in [0.4, 0.5) is 0 Å². The molecule has 1 saturated heterocycles. The van der Waals surface area contributed by atoms with Crippen LogP contribution < -0.4 is 5.32 Å². The first-order valence-corrected chi connectivity index (χ1v) is 7.45. The molecule has 20 heavy (non-hydrogen) atoms. The van der Waals surface area contributed by atoms with Crippen LogP contribution in [-0.4, -0.2) is 72.6 Å². The summed E-state index contributed by atoms with van der Waals surface area (Å²) >= 11 is 0. The van der Waals surface area contributed by atoms with E-state index in [1.54, 1.807) is 11.9 Å². The van der Waals surface area contributed by atoms with Crippen molar-refractivity contribution in [2.24, 2.45) is 5.41 Å². The normalized spacial score (nSPS) is 23.2. The highest BCUT2D eigenvalue weighted by atomic mass is 16.3. The topological polar surface area (TPSA) is 72.9 Å². The fourth-order valence-corrected chi connectivity index (χ4v) is 2.77. The number of aliphatic hydroxyl groups excluding tert-OH is 1. The fraction of sp³-hybridized carbons (Fsp3) is 0.857. The molecule has 114 valence electrons. The Morgan fingerprint density at radius 2 is 1.85 bits per heavy atom. The molecule has 0 bridgehead atoms. The Labute approximate surface area is 120 Å². The minimum atomic E-state index is -0.778. The Morgan fingerprint density at radius 3 is 2.30 bits per heavy atom. The molecule has 6 heteroatoms. The number of carbonyl (C=O) groups is 2. The van der Waals surface area contributed by atoms with E-state index in [1.807, 2.05) is 6.92 Å². The lowest BCUT2D eigenvalue weighted by molar-refractivity contribution is -0.145. The molecule has 0 spiro atoms. The number of aliphatic hydroxyl groups is 1. The van der Waals surface area contributed by atoms with Gasteiger partial charge in [-0.1, -0.05) is 6.92 Å². The monoisotopic (exact) mass is 283 g/mol. The number of amides is 2. The van der Waals surface area contributed by atoms with E-state index in [1.165, 1.54) is 0 Å². The maximum Gasteiger partial charge on any atom is 0.238 e. The predicted octanol–water partition coefficient (Wildman–Crippen LogP) is -0.572. The van der Waals surface area contributed by atoms with E-state index in [2.05, 4.69) is 10.2 Å². The van der Waals surface area contributed by atoms with Crippen LogP contribution in [0.3, 0.4) is 0 Å². The Morgan fingerprint density at radius 1 is 1.25 bits per heavy atom. The molecular weight excluding hydrogens is 258 g/mol. The molecule has 1 heterocycles. The van der Waals surface area contributed by atoms with Crippen LogP contribution in [-0.2, 0) is 9.59 Å². The molecule has 2 rings (SSSR count). The van der Waals surface area contributed by atoms with Crippen LogP contribution in [0, 0.1) is 5.41 Å². The predicted molar refractivity (Wildman–Crippen MR) is 75.1 cm³/mol. The Kier molecular flexibility index (Phi) is 4.65. The number of hydrogen-bond acceptors (Lipinski definition) is 4. The van der Waals surface area contributed by atoms with Crippen molar-refractivity contribution in [1.29, 1.82) is 0 Å². The number of rotatable bonds is 5. The summed E-state index contributed by atoms with van der Waals surface area (Å²) < 4.78 is 0. The largest absolute Gasteiger partial charge is 0.392 e. The van der Waals surface area contributed by atoms with Crippen molar-refractivity contribution in [3.63, 3.8) is 0 Å². The van der Waals surface area contributed by atoms with Crippen molar-refractivity contribution in [3.05, 3.63) is 0 Å². The van der Waals surface area contributed by atoms with Gasteiger partial charge in [0.1, 0.15) is 5.41 Å². The van der Waals surface area contributed by atoms with Gasteiger partial charge in [0.2, 0.25) is 11.8 Å². The first-order valence-electron chi connectivity index (χ1n) is 7.45. The van der Waals surface area contributed by atoms with Crippen molar-refractivity contribution < 1.29 is 14.7 Å². The SMILES string of the molecule is CCC(O)CN1CCN(C(=O)C2(C(=O)NC)CC2)CC1. The summed E-state index contributed by atoms with van der Waals surface area (Å²) in [5.41, 5.74) is -0.778. The van der Waals surface area contributed by atoms with Gasteiger partial charge in [-0.3, -0.25) is 14.5 Å². The second-order valence-electron chi connectivity index (χ2n) is 5.82. The summed E-state index contributed by atoms with van der Waals surface area (Å²) in [6.45, 7) is 5.46. The van der Waals surface area contributed by atoms with Crippen LogP contribution in [0.5, 0.6) is 0 Å². The minimum Gasteiger partial charge on any atom is -0.392 e. The summed E-state index contributed by atoms with van der Waals surface area (Å²) in [7, 11) is 1.58. The third-order valence-electron chi connectivity index (χ3n) is 4.42. The van der Waals surface area contributed by atoms with Gasteiger partial charge in [0.05, 0.1) is 6.10 Å². The average molecular weight is 283 g/mol. The number of hydrogen-bond donors (Lipinski definition) is 2. The zero-order valence-electron chi connectivity index (χ0n) is 12.4. The zero-order chi connectivity index (χ0) is 14.8. The molecule has 2 N–H and O–H groups in total. The molecular formula is C14H25N3O3. The third kappa shape index (κ3) is 2.96. The van der Waals surface area contributed by atoms with Crippen LogP contribution in [0.2, 0.25) is 0 Å². The molecule has 2 aliphatic rings. The van der Waals surface area contributed by atoms with Crippen molar-refractivity contribution in [1.82, 2.24) is 15.1 Å². The number of nitrogens with zero attached hydrogens (tertiary/aromatic N) is 2. The summed E-state index contributed by atoms with van der Waals surface area (Å²) in [6.07, 6.45) is 1.79. The number of nitrogens with one attached hydrogen (secondary N) is 1. The van der Waals surface area contributed by atoms with Gasteiger partial charge in [0.25, 0.3) is 0 Å². The minimum absolute atomic E-state index is 0.0208. The van der Waals surface area contributed by atoms with Gasteiger partial charge < -0.3 is 15.3 Å². The number of piperazine rings is 1. The van der Waals surface area contributed by atoms with Crippen molar-refractivity contribution >= 4 is 11.8 Å². The lowest BCUT2D eigenvalue weighted by Gasteiger charge is -2.37. The van der Waals surface area contributed by atoms with E-state index in [0.29, 0.717) is 32.5 Å². The second-order valence-corrected chi connectivity index (χ2v) is 5.82. The molecule has 1 aliphatic carbocycles. The first kappa shape index (κ1) is 15.3. The van der Waals surface area contributed by atoms with E-state index >= 15 is 0 Å². The van der Waals surface area contributed by atoms with Gasteiger partial charge in [0.15, 0.2) is 0 Å². The zero-order valence-corrected chi connectivity index (χ0v) is 12.4. The number of β-amino-alcohol motifs (C(OH)–C–C–N with tert-alkyl or cyclic N) is 1. The molecule has 1 aliphatic heterocycles. The quantitative estimate of drug-likeness (QED) is 0.663. The summed E-state index contributed by atoms with van der Waals surface area (Å²) in [4.78, 5) is 28.3. The second kappa shape index (κ2) is 6.10. The van der Waals surface area contributed by atoms with E-state index in [9.17, 15) is 14.7 Å². The van der Waals surface area contributed by atoms with E-state index in [0.717, 1.165) is 19.5 Å². The molecule has 1 atom stereocenters. The van der Waals surface area contributed by atoms with Crippen LogP contribution in [0.15, 0.2) is 0 Å². The van der Waals surface area contributed by atoms with E-state index in [4.69, 9.17) is 0 Å². The van der Waals surface area contributed by atoms with E-state index < -0.39 is 5.41 Å². The van der Waals surface area contributed by atoms with Crippen LogP contribution in [0.25, 0.3) is 0 Å². The lowest BCUT2D eigenvalue weighted by atomic mass is 10.0. The molecule has 2 fully saturated rings. The summed E-state index contributed by atoms with van der Waals surface area (Å²) in [6, 6.07) is 0. The van der Waals surface area contributed by atoms with Crippen LogP contribution >= 0.6 is 0 Å². The maximum absolute atomic E-state index is 12.5. The Bertz CT molecular complexity index is 374. The maximum atomic E-state index is 12.5. The van der Waals surface area contributed by atoms with E-state index in [-0.39, 0.29) is 17.9 Å². The Balaban J connectivity index is 1.85. The highest BCUT2D eigenvalue weighted by molar-refractivity contribution is 6.07. The van der Waals surface area contributed by atoms with Gasteiger partial charge in [-0.2, -0.15) is 0 Å². The van der Waals surface area contributed by atoms with Crippen LogP contribution in [0.1, 0.15) is 26.2 Å². The molecule has 0 radical (unpaired) electrons. The van der Waals surface area contributed by atoms with Gasteiger partial charge in [-0.15, -0.1) is 0 Å². The molecule has 0 aromatic rings. The smallest absolute Gasteiger partial charge is 0.238 e. The van der Waals surface area contributed by atoms with Gasteiger partial charge >= 0.3 is 0 Å². The lowest BCUT2D eigenvalue weighted by Crippen LogP contribution is -2.53. The average Bonchev–Trinajstić information content (AvgIpc) is 3.28. The van der Waals surface area contributed by atoms with Gasteiger partial charge in [0, 0.05) is 39.8 Å². The number of carbonyl (C=O) groups excluding carboxylic acids is 2. The van der Waals surface area contributed by atoms with Crippen molar-refractivity contribution in [3.8, 4) is 0 Å². The third-order valence-corrected chi connectivity index (χ3v) is 4.42. The molecule has 6 nitrogen and oxygen atoms in total.